The van der Waals surface area contributed by atoms with Gasteiger partial charge in [-0.15, -0.1) is 0 Å². The van der Waals surface area contributed by atoms with Crippen LogP contribution in [0.25, 0.3) is 11.1 Å². The third kappa shape index (κ3) is 5.40. The van der Waals surface area contributed by atoms with Crippen LogP contribution in [0.1, 0.15) is 30.4 Å². The lowest BCUT2D eigenvalue weighted by Gasteiger charge is -2.21. The molecule has 0 spiro atoms. The molecule has 2 aromatic carbocycles. The largest absolute Gasteiger partial charge is 0.481 e. The average Bonchev–Trinajstić information content (AvgIpc) is 3.05. The second-order valence-corrected chi connectivity index (χ2v) is 7.49. The number of amides is 2. The number of hydrogen-bond donors (Lipinski definition) is 3. The first-order chi connectivity index (χ1) is 14.9. The molecule has 0 aliphatic heterocycles. The summed E-state index contributed by atoms with van der Waals surface area (Å²) in [5.41, 5.74) is 4.42. The second kappa shape index (κ2) is 10.1. The number of benzene rings is 2. The van der Waals surface area contributed by atoms with Gasteiger partial charge in [-0.3, -0.25) is 9.59 Å². The summed E-state index contributed by atoms with van der Waals surface area (Å²) < 4.78 is 10.5. The SMILES string of the molecule is COC[C@H](NC(=O)OCC1c2ccccc2-c2ccccc21)C(=O)N[C@H](C)CC(=O)O. The first-order valence-corrected chi connectivity index (χ1v) is 10.0. The lowest BCUT2D eigenvalue weighted by molar-refractivity contribution is -0.137. The zero-order valence-electron chi connectivity index (χ0n) is 17.5. The summed E-state index contributed by atoms with van der Waals surface area (Å²) in [5, 5.41) is 13.9. The Hall–Kier alpha value is -3.39. The highest BCUT2D eigenvalue weighted by molar-refractivity contribution is 5.86. The number of rotatable bonds is 9. The van der Waals surface area contributed by atoms with Crippen molar-refractivity contribution < 1.29 is 29.0 Å². The predicted octanol–water partition coefficient (Wildman–Crippen LogP) is 2.52. The van der Waals surface area contributed by atoms with E-state index < -0.39 is 30.1 Å². The Kier molecular flexibility index (Phi) is 7.25. The molecule has 0 aromatic heterocycles. The Balaban J connectivity index is 1.62. The van der Waals surface area contributed by atoms with Gasteiger partial charge in [-0.2, -0.15) is 0 Å². The third-order valence-corrected chi connectivity index (χ3v) is 5.16. The summed E-state index contributed by atoms with van der Waals surface area (Å²) >= 11 is 0. The molecule has 8 nitrogen and oxygen atoms in total. The number of carbonyl (C=O) groups is 3. The van der Waals surface area contributed by atoms with Gasteiger partial charge in [-0.25, -0.2) is 4.79 Å². The van der Waals surface area contributed by atoms with Crippen molar-refractivity contribution in [1.29, 1.82) is 0 Å². The molecule has 164 valence electrons. The van der Waals surface area contributed by atoms with Gasteiger partial charge in [0.05, 0.1) is 13.0 Å². The van der Waals surface area contributed by atoms with Crippen molar-refractivity contribution in [3.05, 3.63) is 59.7 Å². The van der Waals surface area contributed by atoms with E-state index in [2.05, 4.69) is 10.6 Å². The van der Waals surface area contributed by atoms with E-state index in [0.29, 0.717) is 0 Å². The van der Waals surface area contributed by atoms with Gasteiger partial charge >= 0.3 is 12.1 Å². The van der Waals surface area contributed by atoms with Gasteiger partial charge in [0, 0.05) is 19.1 Å². The topological polar surface area (TPSA) is 114 Å². The number of carboxylic acids is 1. The fourth-order valence-electron chi connectivity index (χ4n) is 3.79. The fourth-order valence-corrected chi connectivity index (χ4v) is 3.79. The van der Waals surface area contributed by atoms with Crippen molar-refractivity contribution in [3.63, 3.8) is 0 Å². The van der Waals surface area contributed by atoms with Crippen LogP contribution in [0.3, 0.4) is 0 Å². The summed E-state index contributed by atoms with van der Waals surface area (Å²) in [6.45, 7) is 1.62. The summed E-state index contributed by atoms with van der Waals surface area (Å²) in [6.07, 6.45) is -0.971. The molecular formula is C23H26N2O6. The Labute approximate surface area is 180 Å². The summed E-state index contributed by atoms with van der Waals surface area (Å²) in [6, 6.07) is 14.4. The highest BCUT2D eigenvalue weighted by atomic mass is 16.5. The van der Waals surface area contributed by atoms with Crippen molar-refractivity contribution in [2.45, 2.75) is 31.3 Å². The summed E-state index contributed by atoms with van der Waals surface area (Å²) in [4.78, 5) is 35.6. The van der Waals surface area contributed by atoms with Crippen LogP contribution in [0.5, 0.6) is 0 Å². The molecule has 31 heavy (non-hydrogen) atoms. The van der Waals surface area contributed by atoms with Crippen molar-refractivity contribution in [3.8, 4) is 11.1 Å². The number of fused-ring (bicyclic) bond motifs is 3. The van der Waals surface area contributed by atoms with E-state index in [1.54, 1.807) is 6.92 Å². The lowest BCUT2D eigenvalue weighted by Crippen LogP contribution is -2.51. The van der Waals surface area contributed by atoms with Gasteiger partial charge < -0.3 is 25.2 Å². The number of alkyl carbamates (subject to hydrolysis) is 1. The zero-order chi connectivity index (χ0) is 22.4. The maximum Gasteiger partial charge on any atom is 0.407 e. The van der Waals surface area contributed by atoms with E-state index in [1.165, 1.54) is 7.11 Å². The number of ether oxygens (including phenoxy) is 2. The van der Waals surface area contributed by atoms with Crippen molar-refractivity contribution in [2.75, 3.05) is 20.3 Å². The van der Waals surface area contributed by atoms with E-state index in [1.807, 2.05) is 48.5 Å². The third-order valence-electron chi connectivity index (χ3n) is 5.16. The van der Waals surface area contributed by atoms with E-state index in [4.69, 9.17) is 14.6 Å². The molecule has 0 heterocycles. The molecule has 3 N–H and O–H groups in total. The van der Waals surface area contributed by atoms with Crippen LogP contribution < -0.4 is 10.6 Å². The molecule has 2 aromatic rings. The smallest absolute Gasteiger partial charge is 0.407 e. The predicted molar refractivity (Wildman–Crippen MR) is 114 cm³/mol. The van der Waals surface area contributed by atoms with E-state index >= 15 is 0 Å². The lowest BCUT2D eigenvalue weighted by atomic mass is 9.98. The Morgan fingerprint density at radius 1 is 1.00 bits per heavy atom. The van der Waals surface area contributed by atoms with Crippen LogP contribution in [-0.4, -0.2) is 55.5 Å². The minimum absolute atomic E-state index is 0.0736. The molecule has 0 saturated carbocycles. The number of hydrogen-bond acceptors (Lipinski definition) is 5. The van der Waals surface area contributed by atoms with E-state index in [0.717, 1.165) is 22.3 Å². The van der Waals surface area contributed by atoms with Crippen LogP contribution in [-0.2, 0) is 19.1 Å². The molecule has 0 fully saturated rings. The van der Waals surface area contributed by atoms with Crippen molar-refractivity contribution >= 4 is 18.0 Å². The number of nitrogens with one attached hydrogen (secondary N) is 2. The van der Waals surface area contributed by atoms with Crippen LogP contribution in [0.15, 0.2) is 48.5 Å². The minimum atomic E-state index is -1.03. The molecule has 8 heteroatoms. The van der Waals surface area contributed by atoms with Crippen LogP contribution in [0.2, 0.25) is 0 Å². The highest BCUT2D eigenvalue weighted by Crippen LogP contribution is 2.44. The molecule has 0 radical (unpaired) electrons. The number of aliphatic carboxylic acids is 1. The molecule has 0 saturated heterocycles. The van der Waals surface area contributed by atoms with E-state index in [-0.39, 0.29) is 25.6 Å². The molecule has 2 amide bonds. The van der Waals surface area contributed by atoms with Gasteiger partial charge in [0.15, 0.2) is 0 Å². The fraction of sp³-hybridized carbons (Fsp3) is 0.348. The van der Waals surface area contributed by atoms with Crippen molar-refractivity contribution in [2.24, 2.45) is 0 Å². The van der Waals surface area contributed by atoms with Gasteiger partial charge in [0.1, 0.15) is 12.6 Å². The highest BCUT2D eigenvalue weighted by Gasteiger charge is 2.30. The van der Waals surface area contributed by atoms with E-state index in [9.17, 15) is 14.4 Å². The maximum absolute atomic E-state index is 12.4. The average molecular weight is 426 g/mol. The standard InChI is InChI=1S/C23H26N2O6/c1-14(11-21(26)27)24-22(28)20(13-30-2)25-23(29)31-12-19-17-9-5-3-7-15(17)16-8-4-6-10-18(16)19/h3-10,14,19-20H,11-13H2,1-2H3,(H,24,28)(H,25,29)(H,26,27)/t14-,20+/m1/s1. The minimum Gasteiger partial charge on any atom is -0.481 e. The Morgan fingerprint density at radius 3 is 2.13 bits per heavy atom. The molecule has 2 atom stereocenters. The summed E-state index contributed by atoms with van der Waals surface area (Å²) in [7, 11) is 1.40. The molecule has 1 aliphatic carbocycles. The number of methoxy groups -OCH3 is 1. The quantitative estimate of drug-likeness (QED) is 0.568. The van der Waals surface area contributed by atoms with Gasteiger partial charge in [-0.1, -0.05) is 48.5 Å². The normalized spacial score (nSPS) is 14.1. The van der Waals surface area contributed by atoms with Gasteiger partial charge in [0.25, 0.3) is 0 Å². The van der Waals surface area contributed by atoms with Gasteiger partial charge in [-0.05, 0) is 29.2 Å². The monoisotopic (exact) mass is 426 g/mol. The van der Waals surface area contributed by atoms with Gasteiger partial charge in [0.2, 0.25) is 5.91 Å². The second-order valence-electron chi connectivity index (χ2n) is 7.49. The molecule has 0 unspecified atom stereocenters. The number of carbonyl (C=O) groups excluding carboxylic acids is 2. The number of carboxylic acid groups (broad SMARTS) is 1. The van der Waals surface area contributed by atoms with Crippen molar-refractivity contribution in [1.82, 2.24) is 10.6 Å². The first-order valence-electron chi connectivity index (χ1n) is 10.0. The molecular weight excluding hydrogens is 400 g/mol. The summed E-state index contributed by atoms with van der Waals surface area (Å²) in [5.74, 6) is -1.66. The Bertz CT molecular complexity index is 915. The maximum atomic E-state index is 12.4. The molecule has 0 bridgehead atoms. The van der Waals surface area contributed by atoms with Crippen LogP contribution >= 0.6 is 0 Å². The molecule has 3 rings (SSSR count). The molecule has 1 aliphatic rings. The Morgan fingerprint density at radius 2 is 1.58 bits per heavy atom. The first kappa shape index (κ1) is 22.3. The van der Waals surface area contributed by atoms with Crippen LogP contribution in [0.4, 0.5) is 4.79 Å². The zero-order valence-corrected chi connectivity index (χ0v) is 17.5. The van der Waals surface area contributed by atoms with Crippen LogP contribution in [0, 0.1) is 0 Å².